The van der Waals surface area contributed by atoms with Crippen molar-refractivity contribution >= 4 is 5.97 Å². The van der Waals surface area contributed by atoms with Crippen LogP contribution in [0.25, 0.3) is 0 Å². The van der Waals surface area contributed by atoms with E-state index < -0.39 is 12.0 Å². The summed E-state index contributed by atoms with van der Waals surface area (Å²) in [6.45, 7) is 5.84. The van der Waals surface area contributed by atoms with Crippen molar-refractivity contribution in [3.05, 3.63) is 0 Å². The molecule has 0 bridgehead atoms. The molecule has 59 valence electrons. The Morgan fingerprint density at radius 1 is 1.50 bits per heavy atom. The Morgan fingerprint density at radius 2 is 2.00 bits per heavy atom. The maximum absolute atomic E-state index is 10.6. The van der Waals surface area contributed by atoms with E-state index in [-0.39, 0.29) is 0 Å². The van der Waals surface area contributed by atoms with Gasteiger partial charge in [-0.1, -0.05) is 13.8 Å². The summed E-state index contributed by atoms with van der Waals surface area (Å²) in [5, 5.41) is 0. The third-order valence-corrected chi connectivity index (χ3v) is 0.912. The minimum atomic E-state index is -0.751. The topological polar surface area (TPSA) is 50.1 Å². The lowest BCUT2D eigenvalue weighted by atomic mass is 10.2. The zero-order valence-electron chi connectivity index (χ0n) is 6.68. The molecule has 0 amide bonds. The fraction of sp³-hybridized carbons (Fsp3) is 0.857. The van der Waals surface area contributed by atoms with Gasteiger partial charge in [-0.3, -0.25) is 4.79 Å². The van der Waals surface area contributed by atoms with E-state index in [0.717, 1.165) is 0 Å². The van der Waals surface area contributed by atoms with Crippen molar-refractivity contribution in [3.63, 3.8) is 0 Å². The zero-order chi connectivity index (χ0) is 8.15. The Labute approximate surface area is 61.5 Å². The Morgan fingerprint density at radius 3 is 2.30 bits per heavy atom. The molecule has 0 aromatic heterocycles. The first-order valence-electron chi connectivity index (χ1n) is 3.41. The van der Waals surface area contributed by atoms with Gasteiger partial charge in [0, 0.05) is 0 Å². The lowest BCUT2D eigenvalue weighted by Crippen LogP contribution is -2.22. The summed E-state index contributed by atoms with van der Waals surface area (Å²) >= 11 is 0. The van der Waals surface area contributed by atoms with Crippen LogP contribution in [0.5, 0.6) is 0 Å². The van der Waals surface area contributed by atoms with Gasteiger partial charge in [-0.25, -0.2) is 5.73 Å². The van der Waals surface area contributed by atoms with Gasteiger partial charge in [0.05, 0.1) is 6.61 Å². The van der Waals surface area contributed by atoms with Crippen LogP contribution in [0.2, 0.25) is 0 Å². The monoisotopic (exact) mass is 144 g/mol. The van der Waals surface area contributed by atoms with Crippen LogP contribution in [0, 0.1) is 5.92 Å². The predicted molar refractivity (Wildman–Crippen MR) is 38.4 cm³/mol. The van der Waals surface area contributed by atoms with Gasteiger partial charge in [0.25, 0.3) is 0 Å². The number of rotatable bonds is 3. The first-order valence-corrected chi connectivity index (χ1v) is 3.41. The first kappa shape index (κ1) is 9.43. The van der Waals surface area contributed by atoms with Gasteiger partial charge in [0.2, 0.25) is 0 Å². The summed E-state index contributed by atoms with van der Waals surface area (Å²) in [6, 6.07) is -0.751. The first-order chi connectivity index (χ1) is 4.54. The van der Waals surface area contributed by atoms with E-state index in [1.807, 2.05) is 13.8 Å². The van der Waals surface area contributed by atoms with E-state index in [0.29, 0.717) is 12.5 Å². The molecule has 0 aromatic carbocycles. The zero-order valence-corrected chi connectivity index (χ0v) is 6.68. The van der Waals surface area contributed by atoms with Crippen molar-refractivity contribution < 1.29 is 9.53 Å². The third kappa shape index (κ3) is 4.32. The fourth-order valence-electron chi connectivity index (χ4n) is 0.374. The lowest BCUT2D eigenvalue weighted by Gasteiger charge is -2.07. The minimum Gasteiger partial charge on any atom is -0.464 e. The Bertz CT molecular complexity index is 110. The largest absolute Gasteiger partial charge is 0.464 e. The Hall–Kier alpha value is -0.570. The Balaban J connectivity index is 3.40. The van der Waals surface area contributed by atoms with Crippen molar-refractivity contribution in [1.29, 1.82) is 0 Å². The van der Waals surface area contributed by atoms with Crippen LogP contribution >= 0.6 is 0 Å². The standard InChI is InChI=1S/C7H14NO2/c1-5(2)4-10-7(9)6(3)8/h5-6,8H,4H2,1-3H3. The molecule has 0 rings (SSSR count). The van der Waals surface area contributed by atoms with Gasteiger partial charge in [0.15, 0.2) is 0 Å². The summed E-state index contributed by atoms with van der Waals surface area (Å²) in [5.74, 6) is -0.0867. The predicted octanol–water partition coefficient (Wildman–Crippen LogP) is 0.857. The third-order valence-electron chi connectivity index (χ3n) is 0.912. The highest BCUT2D eigenvalue weighted by molar-refractivity contribution is 5.74. The van der Waals surface area contributed by atoms with E-state index in [2.05, 4.69) is 0 Å². The van der Waals surface area contributed by atoms with Crippen LogP contribution in [-0.4, -0.2) is 18.6 Å². The molecule has 1 N–H and O–H groups in total. The molecular weight excluding hydrogens is 130 g/mol. The van der Waals surface area contributed by atoms with E-state index in [9.17, 15) is 4.79 Å². The van der Waals surface area contributed by atoms with Crippen molar-refractivity contribution in [2.75, 3.05) is 6.61 Å². The molecule has 3 nitrogen and oxygen atoms in total. The highest BCUT2D eigenvalue weighted by atomic mass is 16.5. The molecule has 0 fully saturated rings. The van der Waals surface area contributed by atoms with Gasteiger partial charge in [-0.2, -0.15) is 0 Å². The summed E-state index contributed by atoms with van der Waals surface area (Å²) < 4.78 is 4.74. The summed E-state index contributed by atoms with van der Waals surface area (Å²) in [6.07, 6.45) is 0. The van der Waals surface area contributed by atoms with Crippen LogP contribution in [0.15, 0.2) is 0 Å². The van der Waals surface area contributed by atoms with E-state index in [4.69, 9.17) is 10.5 Å². The van der Waals surface area contributed by atoms with Gasteiger partial charge < -0.3 is 4.74 Å². The molecule has 0 aliphatic heterocycles. The van der Waals surface area contributed by atoms with Gasteiger partial charge in [-0.05, 0) is 12.8 Å². The van der Waals surface area contributed by atoms with Crippen molar-refractivity contribution in [3.8, 4) is 0 Å². The molecule has 3 heteroatoms. The molecule has 0 saturated heterocycles. The average Bonchev–Trinajstić information content (AvgIpc) is 1.82. The van der Waals surface area contributed by atoms with Crippen LogP contribution in [0.3, 0.4) is 0 Å². The molecule has 0 heterocycles. The second-order valence-corrected chi connectivity index (χ2v) is 2.75. The van der Waals surface area contributed by atoms with Crippen LogP contribution in [-0.2, 0) is 9.53 Å². The van der Waals surface area contributed by atoms with Crippen molar-refractivity contribution in [1.82, 2.24) is 5.73 Å². The van der Waals surface area contributed by atoms with Crippen LogP contribution < -0.4 is 5.73 Å². The van der Waals surface area contributed by atoms with E-state index >= 15 is 0 Å². The number of ether oxygens (including phenoxy) is 1. The molecular formula is C7H14NO2. The van der Waals surface area contributed by atoms with Gasteiger partial charge in [-0.15, -0.1) is 0 Å². The molecule has 0 aromatic rings. The second kappa shape index (κ2) is 4.28. The molecule has 1 unspecified atom stereocenters. The number of hydrogen-bond acceptors (Lipinski definition) is 2. The normalized spacial score (nSPS) is 13.3. The van der Waals surface area contributed by atoms with Crippen LogP contribution in [0.4, 0.5) is 0 Å². The fourth-order valence-corrected chi connectivity index (χ4v) is 0.374. The Kier molecular flexibility index (Phi) is 4.03. The number of nitrogens with one attached hydrogen (secondary N) is 1. The van der Waals surface area contributed by atoms with E-state index in [1.54, 1.807) is 0 Å². The number of carbonyl (C=O) groups is 1. The van der Waals surface area contributed by atoms with Gasteiger partial charge in [0.1, 0.15) is 6.04 Å². The molecule has 1 atom stereocenters. The SMILES string of the molecule is CC(C)COC(=O)C(C)[NH]. The summed E-state index contributed by atoms with van der Waals surface area (Å²) in [4.78, 5) is 10.6. The molecule has 0 aliphatic carbocycles. The quantitative estimate of drug-likeness (QED) is 0.551. The second-order valence-electron chi connectivity index (χ2n) is 2.75. The molecule has 0 spiro atoms. The van der Waals surface area contributed by atoms with E-state index in [1.165, 1.54) is 6.92 Å². The maximum atomic E-state index is 10.6. The number of carbonyl (C=O) groups excluding carboxylic acids is 1. The summed E-state index contributed by atoms with van der Waals surface area (Å²) in [5.41, 5.74) is 6.95. The molecule has 1 radical (unpaired) electrons. The van der Waals surface area contributed by atoms with Gasteiger partial charge >= 0.3 is 5.97 Å². The smallest absolute Gasteiger partial charge is 0.324 e. The average molecular weight is 144 g/mol. The maximum Gasteiger partial charge on any atom is 0.324 e. The lowest BCUT2D eigenvalue weighted by molar-refractivity contribution is -0.146. The van der Waals surface area contributed by atoms with Crippen molar-refractivity contribution in [2.24, 2.45) is 5.92 Å². The highest BCUT2D eigenvalue weighted by Gasteiger charge is 2.09. The highest BCUT2D eigenvalue weighted by Crippen LogP contribution is 1.94. The number of esters is 1. The molecule has 0 saturated carbocycles. The van der Waals surface area contributed by atoms with Crippen LogP contribution in [0.1, 0.15) is 20.8 Å². The van der Waals surface area contributed by atoms with Crippen molar-refractivity contribution in [2.45, 2.75) is 26.8 Å². The minimum absolute atomic E-state index is 0.350. The number of hydrogen-bond donors (Lipinski definition) is 0. The molecule has 10 heavy (non-hydrogen) atoms. The molecule has 0 aliphatic rings. The summed E-state index contributed by atoms with van der Waals surface area (Å²) in [7, 11) is 0.